The van der Waals surface area contributed by atoms with Gasteiger partial charge in [0.25, 0.3) is 0 Å². The van der Waals surface area contributed by atoms with E-state index < -0.39 is 17.1 Å². The minimum Gasteiger partial charge on any atom is -0.402 e. The van der Waals surface area contributed by atoms with Crippen molar-refractivity contribution in [2.75, 3.05) is 13.2 Å². The molecule has 0 fully saturated rings. The van der Waals surface area contributed by atoms with Crippen LogP contribution in [0.4, 0.5) is 0 Å². The maximum absolute atomic E-state index is 6.28. The van der Waals surface area contributed by atoms with Crippen LogP contribution in [0, 0.1) is 0 Å². The summed E-state index contributed by atoms with van der Waals surface area (Å²) in [7, 11) is -5.39. The summed E-state index contributed by atoms with van der Waals surface area (Å²) in [4.78, 5) is 0. The first kappa shape index (κ1) is 20.3. The van der Waals surface area contributed by atoms with Crippen LogP contribution in [0.3, 0.4) is 0 Å². The third-order valence-corrected chi connectivity index (χ3v) is 9.25. The van der Waals surface area contributed by atoms with Crippen LogP contribution in [0.2, 0.25) is 0 Å². The number of unbranched alkanes of at least 4 members (excludes halogenated alkanes) is 2. The summed E-state index contributed by atoms with van der Waals surface area (Å²) in [5.41, 5.74) is 6.97. The van der Waals surface area contributed by atoms with E-state index >= 15 is 0 Å². The van der Waals surface area contributed by atoms with Gasteiger partial charge in [0.05, 0.1) is 0 Å². The monoisotopic (exact) mass is 326 g/mol. The van der Waals surface area contributed by atoms with E-state index in [4.69, 9.17) is 13.0 Å². The van der Waals surface area contributed by atoms with Crippen LogP contribution in [-0.2, 0) is 13.0 Å². The molecule has 0 saturated heterocycles. The van der Waals surface area contributed by atoms with Crippen molar-refractivity contribution in [1.82, 2.24) is 0 Å². The van der Waals surface area contributed by atoms with Crippen molar-refractivity contribution in [3.8, 4) is 0 Å². The molecular formula is C16H30O3Si2. The van der Waals surface area contributed by atoms with E-state index in [0.29, 0.717) is 13.2 Å². The Morgan fingerprint density at radius 3 is 1.29 bits per heavy atom. The van der Waals surface area contributed by atoms with Gasteiger partial charge in [0.2, 0.25) is 0 Å². The second kappa shape index (κ2) is 10.9. The van der Waals surface area contributed by atoms with Crippen molar-refractivity contribution in [3.05, 3.63) is 49.1 Å². The molecule has 0 aromatic rings. The van der Waals surface area contributed by atoms with Crippen molar-refractivity contribution in [2.45, 2.75) is 39.5 Å². The topological polar surface area (TPSA) is 27.7 Å². The van der Waals surface area contributed by atoms with Gasteiger partial charge in [-0.3, -0.25) is 0 Å². The average molecular weight is 327 g/mol. The quantitative estimate of drug-likeness (QED) is 0.349. The Morgan fingerprint density at radius 2 is 1.05 bits per heavy atom. The van der Waals surface area contributed by atoms with Crippen LogP contribution in [0.5, 0.6) is 0 Å². The van der Waals surface area contributed by atoms with E-state index in [1.807, 2.05) is 0 Å². The molecule has 0 bridgehead atoms. The molecule has 0 spiro atoms. The first-order valence-electron chi connectivity index (χ1n) is 7.60. The summed E-state index contributed by atoms with van der Waals surface area (Å²) in [6.45, 7) is 21.0. The molecule has 21 heavy (non-hydrogen) atoms. The second-order valence-electron chi connectivity index (χ2n) is 4.77. The summed E-state index contributed by atoms with van der Waals surface area (Å²) < 4.78 is 18.2. The fourth-order valence-electron chi connectivity index (χ4n) is 1.63. The van der Waals surface area contributed by atoms with E-state index in [1.54, 1.807) is 22.8 Å². The van der Waals surface area contributed by atoms with Crippen LogP contribution in [-0.4, -0.2) is 30.3 Å². The van der Waals surface area contributed by atoms with Gasteiger partial charge in [-0.2, -0.15) is 0 Å². The Kier molecular flexibility index (Phi) is 10.5. The molecule has 0 heterocycles. The van der Waals surface area contributed by atoms with Crippen molar-refractivity contribution in [2.24, 2.45) is 0 Å². The predicted octanol–water partition coefficient (Wildman–Crippen LogP) is 4.42. The number of hydrogen-bond donors (Lipinski definition) is 0. The van der Waals surface area contributed by atoms with Gasteiger partial charge in [-0.1, -0.05) is 26.7 Å². The maximum Gasteiger partial charge on any atom is 0.382 e. The molecule has 0 aliphatic carbocycles. The molecule has 0 aliphatic heterocycles. The van der Waals surface area contributed by atoms with E-state index in [2.05, 4.69) is 40.2 Å². The van der Waals surface area contributed by atoms with Gasteiger partial charge >= 0.3 is 17.1 Å². The molecule has 5 heteroatoms. The van der Waals surface area contributed by atoms with Gasteiger partial charge < -0.3 is 13.0 Å². The predicted molar refractivity (Wildman–Crippen MR) is 95.1 cm³/mol. The zero-order valence-corrected chi connectivity index (χ0v) is 15.6. The molecule has 0 N–H and O–H groups in total. The normalized spacial score (nSPS) is 11.9. The maximum atomic E-state index is 6.28. The van der Waals surface area contributed by atoms with E-state index in [0.717, 1.165) is 25.7 Å². The molecule has 120 valence electrons. The lowest BCUT2D eigenvalue weighted by atomic mass is 10.4. The molecule has 0 aliphatic rings. The Bertz CT molecular complexity index is 294. The fourth-order valence-corrected chi connectivity index (χ4v) is 7.16. The smallest absolute Gasteiger partial charge is 0.382 e. The summed E-state index contributed by atoms with van der Waals surface area (Å²) in [5.74, 6) is 0. The van der Waals surface area contributed by atoms with Gasteiger partial charge in [-0.05, 0) is 35.6 Å². The third kappa shape index (κ3) is 6.71. The lowest BCUT2D eigenvalue weighted by Crippen LogP contribution is -2.52. The molecule has 0 aromatic carbocycles. The van der Waals surface area contributed by atoms with E-state index in [-0.39, 0.29) is 0 Å². The molecule has 0 aromatic heterocycles. The van der Waals surface area contributed by atoms with Gasteiger partial charge in [0, 0.05) is 13.2 Å². The SMILES string of the molecule is C=C[Si](C=C)(OCCCC)O[Si](C=C)(C=C)OCCCC. The van der Waals surface area contributed by atoms with Crippen LogP contribution in [0.25, 0.3) is 0 Å². The summed E-state index contributed by atoms with van der Waals surface area (Å²) in [6, 6.07) is 0. The largest absolute Gasteiger partial charge is 0.402 e. The lowest BCUT2D eigenvalue weighted by molar-refractivity contribution is 0.205. The molecule has 0 amide bonds. The van der Waals surface area contributed by atoms with Gasteiger partial charge in [0.1, 0.15) is 0 Å². The Morgan fingerprint density at radius 1 is 0.714 bits per heavy atom. The zero-order valence-electron chi connectivity index (χ0n) is 13.6. The average Bonchev–Trinajstić information content (AvgIpc) is 2.53. The molecule has 0 atom stereocenters. The Hall–Kier alpha value is -0.726. The summed E-state index contributed by atoms with van der Waals surface area (Å²) in [6.07, 6.45) is 4.09. The zero-order chi connectivity index (χ0) is 16.2. The molecule has 0 saturated carbocycles. The number of hydrogen-bond acceptors (Lipinski definition) is 3. The first-order chi connectivity index (χ1) is 10.1. The second-order valence-corrected chi connectivity index (χ2v) is 10.7. The fraction of sp³-hybridized carbons (Fsp3) is 0.500. The van der Waals surface area contributed by atoms with Crippen LogP contribution < -0.4 is 0 Å². The first-order valence-corrected chi connectivity index (χ1v) is 11.5. The highest BCUT2D eigenvalue weighted by Gasteiger charge is 2.42. The molecule has 0 rings (SSSR count). The van der Waals surface area contributed by atoms with Crippen molar-refractivity contribution >= 4 is 17.1 Å². The van der Waals surface area contributed by atoms with Crippen LogP contribution in [0.1, 0.15) is 39.5 Å². The van der Waals surface area contributed by atoms with Gasteiger partial charge in [-0.15, -0.1) is 26.3 Å². The van der Waals surface area contributed by atoms with Gasteiger partial charge in [-0.25, -0.2) is 0 Å². The van der Waals surface area contributed by atoms with Crippen molar-refractivity contribution in [1.29, 1.82) is 0 Å². The standard InChI is InChI=1S/C16H30O3Si2/c1-7-13-15-17-20(9-3,10-4)19-21(11-5,12-6)18-16-14-8-2/h9-12H,3-8,13-16H2,1-2H3. The molecule has 0 unspecified atom stereocenters. The Labute approximate surface area is 132 Å². The van der Waals surface area contributed by atoms with Crippen molar-refractivity contribution in [3.63, 3.8) is 0 Å². The minimum atomic E-state index is -2.70. The highest BCUT2D eigenvalue weighted by atomic mass is 28.5. The molecule has 0 radical (unpaired) electrons. The molecule has 3 nitrogen and oxygen atoms in total. The summed E-state index contributed by atoms with van der Waals surface area (Å²) >= 11 is 0. The van der Waals surface area contributed by atoms with Crippen molar-refractivity contribution < 1.29 is 13.0 Å². The molecular weight excluding hydrogens is 296 g/mol. The number of rotatable bonds is 14. The van der Waals surface area contributed by atoms with E-state index in [9.17, 15) is 0 Å². The van der Waals surface area contributed by atoms with Crippen LogP contribution >= 0.6 is 0 Å². The highest BCUT2D eigenvalue weighted by molar-refractivity contribution is 6.90. The lowest BCUT2D eigenvalue weighted by Gasteiger charge is -2.34. The summed E-state index contributed by atoms with van der Waals surface area (Å²) in [5, 5.41) is 0. The minimum absolute atomic E-state index is 0.633. The third-order valence-electron chi connectivity index (χ3n) is 3.11. The van der Waals surface area contributed by atoms with Crippen LogP contribution in [0.15, 0.2) is 49.1 Å². The van der Waals surface area contributed by atoms with E-state index in [1.165, 1.54) is 0 Å². The Balaban J connectivity index is 5.02. The van der Waals surface area contributed by atoms with Gasteiger partial charge in [0.15, 0.2) is 0 Å². The highest BCUT2D eigenvalue weighted by Crippen LogP contribution is 2.21.